The molecule has 0 spiro atoms. The summed E-state index contributed by atoms with van der Waals surface area (Å²) in [4.78, 5) is 14.6. The van der Waals surface area contributed by atoms with E-state index in [1.807, 2.05) is 11.8 Å². The highest BCUT2D eigenvalue weighted by atomic mass is 19.1. The van der Waals surface area contributed by atoms with Crippen LogP contribution in [-0.4, -0.2) is 42.1 Å². The number of carbonyl (C=O) groups excluding carboxylic acids is 1. The Kier molecular flexibility index (Phi) is 4.62. The fourth-order valence-electron chi connectivity index (χ4n) is 3.35. The molecule has 3 unspecified atom stereocenters. The normalized spacial score (nSPS) is 25.6. The fourth-order valence-corrected chi connectivity index (χ4v) is 3.35. The van der Waals surface area contributed by atoms with Gasteiger partial charge in [0.05, 0.1) is 0 Å². The zero-order valence-corrected chi connectivity index (χ0v) is 12.9. The summed E-state index contributed by atoms with van der Waals surface area (Å²) in [6, 6.07) is 7.17. The molecule has 5 heteroatoms. The van der Waals surface area contributed by atoms with Crippen LogP contribution < -0.4 is 10.1 Å². The van der Waals surface area contributed by atoms with E-state index in [9.17, 15) is 9.18 Å². The van der Waals surface area contributed by atoms with Crippen LogP contribution in [0.25, 0.3) is 0 Å². The van der Waals surface area contributed by atoms with Crippen LogP contribution in [-0.2, 0) is 4.79 Å². The molecule has 1 N–H and O–H groups in total. The van der Waals surface area contributed by atoms with Gasteiger partial charge in [-0.3, -0.25) is 4.79 Å². The highest BCUT2D eigenvalue weighted by Crippen LogP contribution is 2.23. The number of hydrogen-bond donors (Lipinski definition) is 1. The van der Waals surface area contributed by atoms with Crippen LogP contribution in [0, 0.1) is 5.82 Å². The van der Waals surface area contributed by atoms with Gasteiger partial charge in [0.25, 0.3) is 5.91 Å². The minimum Gasteiger partial charge on any atom is -0.478 e. The zero-order valence-electron chi connectivity index (χ0n) is 12.9. The molecule has 120 valence electrons. The lowest BCUT2D eigenvalue weighted by Crippen LogP contribution is -2.45. The molecule has 2 bridgehead atoms. The van der Waals surface area contributed by atoms with Gasteiger partial charge in [0, 0.05) is 25.2 Å². The summed E-state index contributed by atoms with van der Waals surface area (Å²) in [6.07, 6.45) is 3.23. The van der Waals surface area contributed by atoms with Crippen molar-refractivity contribution in [1.82, 2.24) is 10.2 Å². The molecule has 2 fully saturated rings. The average molecular weight is 306 g/mol. The Labute approximate surface area is 130 Å². The first-order valence-electron chi connectivity index (χ1n) is 8.13. The highest BCUT2D eigenvalue weighted by Gasteiger charge is 2.34. The summed E-state index contributed by atoms with van der Waals surface area (Å²) >= 11 is 0. The first kappa shape index (κ1) is 15.3. The molecular formula is C17H23FN2O2. The Balaban J connectivity index is 1.67. The third kappa shape index (κ3) is 3.24. The SMILES string of the molecule is CCC(Oc1ccccc1F)C(=O)N1CCC2CCC(C1)N2. The molecule has 0 aromatic heterocycles. The quantitative estimate of drug-likeness (QED) is 0.928. The molecule has 1 aromatic rings. The fraction of sp³-hybridized carbons (Fsp3) is 0.588. The van der Waals surface area contributed by atoms with Crippen molar-refractivity contribution in [2.75, 3.05) is 13.1 Å². The maximum absolute atomic E-state index is 13.7. The molecule has 3 rings (SSSR count). The van der Waals surface area contributed by atoms with Crippen LogP contribution in [0.3, 0.4) is 0 Å². The lowest BCUT2D eigenvalue weighted by molar-refractivity contribution is -0.139. The van der Waals surface area contributed by atoms with Gasteiger partial charge in [-0.05, 0) is 37.8 Å². The standard InChI is InChI=1S/C17H23FN2O2/c1-2-15(22-16-6-4-3-5-14(16)18)17(21)20-10-9-12-7-8-13(11-20)19-12/h3-6,12-13,15,19H,2,7-11H2,1H3. The molecule has 22 heavy (non-hydrogen) atoms. The van der Waals surface area contributed by atoms with Crippen molar-refractivity contribution >= 4 is 5.91 Å². The molecule has 1 aromatic carbocycles. The van der Waals surface area contributed by atoms with E-state index >= 15 is 0 Å². The molecule has 1 amide bonds. The van der Waals surface area contributed by atoms with Gasteiger partial charge in [-0.2, -0.15) is 0 Å². The smallest absolute Gasteiger partial charge is 0.263 e. The summed E-state index contributed by atoms with van der Waals surface area (Å²) in [5, 5.41) is 3.56. The van der Waals surface area contributed by atoms with Gasteiger partial charge in [0.15, 0.2) is 17.7 Å². The third-order valence-electron chi connectivity index (χ3n) is 4.59. The van der Waals surface area contributed by atoms with Gasteiger partial charge in [0.1, 0.15) is 0 Å². The number of para-hydroxylation sites is 1. The van der Waals surface area contributed by atoms with Crippen molar-refractivity contribution < 1.29 is 13.9 Å². The maximum atomic E-state index is 13.7. The van der Waals surface area contributed by atoms with E-state index in [0.717, 1.165) is 25.9 Å². The Hall–Kier alpha value is -1.62. The molecule has 0 radical (unpaired) electrons. The number of carbonyl (C=O) groups is 1. The van der Waals surface area contributed by atoms with E-state index in [-0.39, 0.29) is 11.7 Å². The van der Waals surface area contributed by atoms with E-state index in [2.05, 4.69) is 5.32 Å². The van der Waals surface area contributed by atoms with Gasteiger partial charge in [-0.25, -0.2) is 4.39 Å². The topological polar surface area (TPSA) is 41.6 Å². The van der Waals surface area contributed by atoms with E-state index in [4.69, 9.17) is 4.74 Å². The van der Waals surface area contributed by atoms with Crippen LogP contribution in [0.5, 0.6) is 5.75 Å². The predicted molar refractivity (Wildman–Crippen MR) is 82.2 cm³/mol. The molecule has 0 aliphatic carbocycles. The second kappa shape index (κ2) is 6.65. The van der Waals surface area contributed by atoms with Gasteiger partial charge in [-0.15, -0.1) is 0 Å². The monoisotopic (exact) mass is 306 g/mol. The van der Waals surface area contributed by atoms with Crippen LogP contribution in [0.15, 0.2) is 24.3 Å². The lowest BCUT2D eigenvalue weighted by atomic mass is 10.1. The van der Waals surface area contributed by atoms with Crippen molar-refractivity contribution in [1.29, 1.82) is 0 Å². The number of nitrogens with one attached hydrogen (secondary N) is 1. The van der Waals surface area contributed by atoms with Crippen molar-refractivity contribution in [3.05, 3.63) is 30.1 Å². The third-order valence-corrected chi connectivity index (χ3v) is 4.59. The first-order valence-corrected chi connectivity index (χ1v) is 8.13. The minimum atomic E-state index is -0.617. The number of amides is 1. The molecule has 0 saturated carbocycles. The Morgan fingerprint density at radius 2 is 2.14 bits per heavy atom. The number of nitrogens with zero attached hydrogens (tertiary/aromatic N) is 1. The van der Waals surface area contributed by atoms with E-state index in [1.54, 1.807) is 18.2 Å². The molecule has 3 atom stereocenters. The van der Waals surface area contributed by atoms with Crippen molar-refractivity contribution in [3.63, 3.8) is 0 Å². The molecule has 2 saturated heterocycles. The highest BCUT2D eigenvalue weighted by molar-refractivity contribution is 5.81. The molecule has 2 heterocycles. The number of rotatable bonds is 4. The molecular weight excluding hydrogens is 283 g/mol. The number of ether oxygens (including phenoxy) is 1. The van der Waals surface area contributed by atoms with Gasteiger partial charge >= 0.3 is 0 Å². The summed E-state index contributed by atoms with van der Waals surface area (Å²) in [6.45, 7) is 3.38. The lowest BCUT2D eigenvalue weighted by Gasteiger charge is -2.28. The Morgan fingerprint density at radius 1 is 1.36 bits per heavy atom. The van der Waals surface area contributed by atoms with Crippen molar-refractivity contribution in [3.8, 4) is 5.75 Å². The van der Waals surface area contributed by atoms with E-state index in [0.29, 0.717) is 18.5 Å². The number of likely N-dealkylation sites (tertiary alicyclic amines) is 1. The number of benzene rings is 1. The molecule has 2 aliphatic heterocycles. The largest absolute Gasteiger partial charge is 0.478 e. The second-order valence-electron chi connectivity index (χ2n) is 6.16. The Morgan fingerprint density at radius 3 is 2.91 bits per heavy atom. The van der Waals surface area contributed by atoms with Gasteiger partial charge in [-0.1, -0.05) is 19.1 Å². The first-order chi connectivity index (χ1) is 10.7. The minimum absolute atomic E-state index is 0.0277. The summed E-state index contributed by atoms with van der Waals surface area (Å²) < 4.78 is 19.4. The van der Waals surface area contributed by atoms with Crippen LogP contribution in [0.2, 0.25) is 0 Å². The predicted octanol–water partition coefficient (Wildman–Crippen LogP) is 2.34. The van der Waals surface area contributed by atoms with Crippen LogP contribution >= 0.6 is 0 Å². The summed E-state index contributed by atoms with van der Waals surface area (Å²) in [5.74, 6) is -0.303. The van der Waals surface area contributed by atoms with Crippen molar-refractivity contribution in [2.45, 2.75) is 50.8 Å². The maximum Gasteiger partial charge on any atom is 0.263 e. The molecule has 2 aliphatic rings. The number of hydrogen-bond acceptors (Lipinski definition) is 3. The zero-order chi connectivity index (χ0) is 15.5. The van der Waals surface area contributed by atoms with Gasteiger partial charge in [0.2, 0.25) is 0 Å². The van der Waals surface area contributed by atoms with Gasteiger partial charge < -0.3 is 15.0 Å². The van der Waals surface area contributed by atoms with E-state index in [1.165, 1.54) is 12.5 Å². The number of halogens is 1. The second-order valence-corrected chi connectivity index (χ2v) is 6.16. The van der Waals surface area contributed by atoms with E-state index < -0.39 is 11.9 Å². The number of fused-ring (bicyclic) bond motifs is 2. The van der Waals surface area contributed by atoms with Crippen molar-refractivity contribution in [2.24, 2.45) is 0 Å². The Bertz CT molecular complexity index is 537. The molecule has 4 nitrogen and oxygen atoms in total. The van der Waals surface area contributed by atoms with Crippen LogP contribution in [0.1, 0.15) is 32.6 Å². The summed E-state index contributed by atoms with van der Waals surface area (Å²) in [5.41, 5.74) is 0. The van der Waals surface area contributed by atoms with Crippen LogP contribution in [0.4, 0.5) is 4.39 Å². The summed E-state index contributed by atoms with van der Waals surface area (Å²) in [7, 11) is 0. The average Bonchev–Trinajstić information content (AvgIpc) is 2.85.